The fourth-order valence-electron chi connectivity index (χ4n) is 1.55. The third kappa shape index (κ3) is 2.00. The third-order valence-electron chi connectivity index (χ3n) is 2.54. The first-order chi connectivity index (χ1) is 8.02. The topological polar surface area (TPSA) is 25.8 Å². The lowest BCUT2D eigenvalue weighted by Gasteiger charge is -2.09. The van der Waals surface area contributed by atoms with Crippen LogP contribution in [-0.2, 0) is 0 Å². The molecule has 0 atom stereocenters. The van der Waals surface area contributed by atoms with Crippen LogP contribution in [0.5, 0.6) is 0 Å². The molecule has 0 bridgehead atoms. The molecule has 0 radical (unpaired) electrons. The zero-order valence-electron chi connectivity index (χ0n) is 9.26. The normalized spacial score (nSPS) is 10.6. The number of halogens is 3. The van der Waals surface area contributed by atoms with Gasteiger partial charge in [0.2, 0.25) is 0 Å². The van der Waals surface area contributed by atoms with Crippen molar-refractivity contribution in [1.29, 1.82) is 0 Å². The third-order valence-corrected chi connectivity index (χ3v) is 2.92. The van der Waals surface area contributed by atoms with Crippen LogP contribution < -0.4 is 0 Å². The molecule has 0 saturated carbocycles. The summed E-state index contributed by atoms with van der Waals surface area (Å²) in [5.74, 6) is -1.28. The summed E-state index contributed by atoms with van der Waals surface area (Å²) in [6.45, 7) is 3.19. The molecule has 0 aliphatic heterocycles. The summed E-state index contributed by atoms with van der Waals surface area (Å²) in [5, 5.41) is 0.190. The molecule has 2 aromatic rings. The fraction of sp³-hybridized carbons (Fsp3) is 0.167. The van der Waals surface area contributed by atoms with Gasteiger partial charge < -0.3 is 0 Å². The van der Waals surface area contributed by atoms with Crippen LogP contribution in [0, 0.1) is 25.5 Å². The van der Waals surface area contributed by atoms with Gasteiger partial charge in [0, 0.05) is 5.56 Å². The lowest BCUT2D eigenvalue weighted by molar-refractivity contribution is 0.582. The Hall–Kier alpha value is -1.55. The first-order valence-electron chi connectivity index (χ1n) is 4.94. The fourth-order valence-corrected chi connectivity index (χ4v) is 1.69. The van der Waals surface area contributed by atoms with Gasteiger partial charge in [0.1, 0.15) is 23.1 Å². The molecule has 1 heterocycles. The monoisotopic (exact) mass is 254 g/mol. The highest BCUT2D eigenvalue weighted by molar-refractivity contribution is 6.30. The van der Waals surface area contributed by atoms with E-state index < -0.39 is 11.6 Å². The lowest BCUT2D eigenvalue weighted by Crippen LogP contribution is -1.99. The molecule has 5 heteroatoms. The largest absolute Gasteiger partial charge is 0.236 e. The summed E-state index contributed by atoms with van der Waals surface area (Å²) >= 11 is 5.81. The van der Waals surface area contributed by atoms with Gasteiger partial charge in [0.25, 0.3) is 0 Å². The Bertz CT molecular complexity index is 585. The Morgan fingerprint density at radius 1 is 1.12 bits per heavy atom. The number of aromatic nitrogens is 2. The van der Waals surface area contributed by atoms with E-state index in [0.717, 1.165) is 0 Å². The second kappa shape index (κ2) is 4.37. The molecule has 2 nitrogen and oxygen atoms in total. The lowest BCUT2D eigenvalue weighted by atomic mass is 10.0. The minimum atomic E-state index is -0.661. The van der Waals surface area contributed by atoms with Crippen LogP contribution in [0.2, 0.25) is 5.15 Å². The van der Waals surface area contributed by atoms with Crippen molar-refractivity contribution in [1.82, 2.24) is 9.97 Å². The zero-order chi connectivity index (χ0) is 12.6. The van der Waals surface area contributed by atoms with Crippen LogP contribution in [0.4, 0.5) is 8.78 Å². The van der Waals surface area contributed by atoms with Crippen molar-refractivity contribution in [3.63, 3.8) is 0 Å². The summed E-state index contributed by atoms with van der Waals surface area (Å²) in [6, 6.07) is 2.59. The molecular weight excluding hydrogens is 246 g/mol. The molecule has 0 amide bonds. The van der Waals surface area contributed by atoms with Crippen LogP contribution in [-0.4, -0.2) is 9.97 Å². The SMILES string of the molecule is Cc1ccc(F)c(-c2ncnc(Cl)c2C)c1F. The van der Waals surface area contributed by atoms with E-state index in [9.17, 15) is 8.78 Å². The Morgan fingerprint density at radius 2 is 1.82 bits per heavy atom. The van der Waals surface area contributed by atoms with Gasteiger partial charge in [0.05, 0.1) is 11.3 Å². The van der Waals surface area contributed by atoms with E-state index in [-0.39, 0.29) is 16.4 Å². The minimum Gasteiger partial charge on any atom is -0.236 e. The maximum absolute atomic E-state index is 13.9. The summed E-state index contributed by atoms with van der Waals surface area (Å²) < 4.78 is 27.6. The number of aryl methyl sites for hydroxylation is 1. The zero-order valence-corrected chi connectivity index (χ0v) is 10.0. The van der Waals surface area contributed by atoms with Gasteiger partial charge in [-0.15, -0.1) is 0 Å². The molecule has 0 saturated heterocycles. The first kappa shape index (κ1) is 11.9. The van der Waals surface area contributed by atoms with Crippen molar-refractivity contribution in [3.05, 3.63) is 46.4 Å². The van der Waals surface area contributed by atoms with Crippen LogP contribution in [0.15, 0.2) is 18.5 Å². The van der Waals surface area contributed by atoms with Gasteiger partial charge in [-0.1, -0.05) is 17.7 Å². The molecule has 0 unspecified atom stereocenters. The molecular formula is C12H9ClF2N2. The molecule has 17 heavy (non-hydrogen) atoms. The molecule has 0 fully saturated rings. The van der Waals surface area contributed by atoms with E-state index in [1.165, 1.54) is 18.5 Å². The molecule has 88 valence electrons. The summed E-state index contributed by atoms with van der Waals surface area (Å²) in [6.07, 6.45) is 1.19. The van der Waals surface area contributed by atoms with E-state index in [1.54, 1.807) is 13.8 Å². The van der Waals surface area contributed by atoms with Gasteiger partial charge >= 0.3 is 0 Å². The maximum atomic E-state index is 13.9. The second-order valence-electron chi connectivity index (χ2n) is 3.69. The van der Waals surface area contributed by atoms with Gasteiger partial charge in [-0.3, -0.25) is 0 Å². The van der Waals surface area contributed by atoms with Gasteiger partial charge in [-0.25, -0.2) is 18.7 Å². The molecule has 0 N–H and O–H groups in total. The van der Waals surface area contributed by atoms with E-state index in [4.69, 9.17) is 11.6 Å². The summed E-state index contributed by atoms with van der Waals surface area (Å²) in [5.41, 5.74) is 0.837. The number of rotatable bonds is 1. The van der Waals surface area contributed by atoms with Gasteiger partial charge in [-0.2, -0.15) is 0 Å². The highest BCUT2D eigenvalue weighted by Crippen LogP contribution is 2.30. The Balaban J connectivity index is 2.77. The van der Waals surface area contributed by atoms with Crippen molar-refractivity contribution in [3.8, 4) is 11.3 Å². The smallest absolute Gasteiger partial charge is 0.138 e. The molecule has 2 rings (SSSR count). The molecule has 1 aromatic carbocycles. The average Bonchev–Trinajstić information content (AvgIpc) is 2.30. The van der Waals surface area contributed by atoms with E-state index >= 15 is 0 Å². The number of benzene rings is 1. The second-order valence-corrected chi connectivity index (χ2v) is 4.05. The van der Waals surface area contributed by atoms with Crippen molar-refractivity contribution >= 4 is 11.6 Å². The van der Waals surface area contributed by atoms with Crippen LogP contribution in [0.25, 0.3) is 11.3 Å². The Labute approximate surface area is 102 Å². The predicted molar refractivity (Wildman–Crippen MR) is 61.9 cm³/mol. The first-order valence-corrected chi connectivity index (χ1v) is 5.32. The molecule has 0 aliphatic rings. The quantitative estimate of drug-likeness (QED) is 0.726. The summed E-state index contributed by atoms with van der Waals surface area (Å²) in [4.78, 5) is 7.65. The number of hydrogen-bond donors (Lipinski definition) is 0. The summed E-state index contributed by atoms with van der Waals surface area (Å²) in [7, 11) is 0. The van der Waals surface area contributed by atoms with E-state index in [0.29, 0.717) is 11.1 Å². The standard InChI is InChI=1S/C12H9ClF2N2/c1-6-3-4-8(14)9(10(6)15)11-7(2)12(13)17-5-16-11/h3-5H,1-2H3. The molecule has 1 aromatic heterocycles. The van der Waals surface area contributed by atoms with E-state index in [2.05, 4.69) is 9.97 Å². The van der Waals surface area contributed by atoms with Crippen LogP contribution >= 0.6 is 11.6 Å². The van der Waals surface area contributed by atoms with Crippen molar-refractivity contribution in [2.45, 2.75) is 13.8 Å². The number of nitrogens with zero attached hydrogens (tertiary/aromatic N) is 2. The van der Waals surface area contributed by atoms with Crippen molar-refractivity contribution in [2.24, 2.45) is 0 Å². The predicted octanol–water partition coefficient (Wildman–Crippen LogP) is 3.69. The van der Waals surface area contributed by atoms with Crippen molar-refractivity contribution in [2.75, 3.05) is 0 Å². The molecule has 0 aliphatic carbocycles. The van der Waals surface area contributed by atoms with Gasteiger partial charge in [0.15, 0.2) is 0 Å². The molecule has 0 spiro atoms. The highest BCUT2D eigenvalue weighted by Gasteiger charge is 2.18. The van der Waals surface area contributed by atoms with E-state index in [1.807, 2.05) is 0 Å². The van der Waals surface area contributed by atoms with Crippen LogP contribution in [0.1, 0.15) is 11.1 Å². The highest BCUT2D eigenvalue weighted by atomic mass is 35.5. The average molecular weight is 255 g/mol. The Morgan fingerprint density at radius 3 is 2.53 bits per heavy atom. The van der Waals surface area contributed by atoms with Gasteiger partial charge in [-0.05, 0) is 25.5 Å². The van der Waals surface area contributed by atoms with Crippen molar-refractivity contribution < 1.29 is 8.78 Å². The Kier molecular flexibility index (Phi) is 3.07. The van der Waals surface area contributed by atoms with Crippen LogP contribution in [0.3, 0.4) is 0 Å². The maximum Gasteiger partial charge on any atom is 0.138 e. The minimum absolute atomic E-state index is 0.160. The number of hydrogen-bond acceptors (Lipinski definition) is 2.